The number of carboxylic acids is 1. The normalized spacial score (nSPS) is 13.3. The molecule has 2 N–H and O–H groups in total. The van der Waals surface area contributed by atoms with E-state index in [2.05, 4.69) is 4.74 Å². The molecule has 7 nitrogen and oxygen atoms in total. The highest BCUT2D eigenvalue weighted by Gasteiger charge is 2.22. The number of rotatable bonds is 5. The molecule has 1 unspecified atom stereocenters. The van der Waals surface area contributed by atoms with Gasteiger partial charge in [0.1, 0.15) is 6.04 Å². The van der Waals surface area contributed by atoms with Crippen molar-refractivity contribution in [3.8, 4) is 0 Å². The summed E-state index contributed by atoms with van der Waals surface area (Å²) in [7, 11) is -2.88. The number of aliphatic carboxylic acids is 1. The number of esters is 1. The van der Waals surface area contributed by atoms with E-state index >= 15 is 0 Å². The second-order valence-corrected chi connectivity index (χ2v) is 4.27. The summed E-state index contributed by atoms with van der Waals surface area (Å²) in [6.07, 6.45) is 0. The molecule has 0 aromatic rings. The number of ether oxygens (including phenoxy) is 1. The van der Waals surface area contributed by atoms with E-state index in [0.29, 0.717) is 0 Å². The van der Waals surface area contributed by atoms with Crippen molar-refractivity contribution in [2.24, 2.45) is 0 Å². The van der Waals surface area contributed by atoms with E-state index in [9.17, 15) is 18.0 Å². The number of carboxylic acid groups (broad SMARTS) is 1. The average Bonchev–Trinajstić information content (AvgIpc) is 1.99. The van der Waals surface area contributed by atoms with Gasteiger partial charge in [-0.2, -0.15) is 0 Å². The molecule has 0 saturated heterocycles. The first kappa shape index (κ1) is 12.8. The van der Waals surface area contributed by atoms with Gasteiger partial charge in [-0.25, -0.2) is 13.1 Å². The molecule has 0 aliphatic rings. The average molecular weight is 225 g/mol. The number of carbonyl (C=O) groups is 2. The van der Waals surface area contributed by atoms with E-state index < -0.39 is 33.8 Å². The summed E-state index contributed by atoms with van der Waals surface area (Å²) in [5.41, 5.74) is 0. The summed E-state index contributed by atoms with van der Waals surface area (Å²) in [4.78, 5) is 20.9. The van der Waals surface area contributed by atoms with Crippen molar-refractivity contribution in [2.75, 3.05) is 12.9 Å². The fraction of sp³-hybridized carbons (Fsp3) is 0.667. The van der Waals surface area contributed by atoms with Crippen LogP contribution in [0.3, 0.4) is 0 Å². The van der Waals surface area contributed by atoms with Crippen LogP contribution < -0.4 is 4.72 Å². The summed E-state index contributed by atoms with van der Waals surface area (Å²) in [5, 5.41) is 8.22. The highest BCUT2D eigenvalue weighted by Crippen LogP contribution is 1.91. The van der Waals surface area contributed by atoms with E-state index in [0.717, 1.165) is 7.11 Å². The van der Waals surface area contributed by atoms with Crippen LogP contribution in [0.4, 0.5) is 0 Å². The van der Waals surface area contributed by atoms with E-state index in [-0.39, 0.29) is 0 Å². The molecule has 0 spiro atoms. The van der Waals surface area contributed by atoms with Crippen LogP contribution in [0.2, 0.25) is 0 Å². The molecule has 14 heavy (non-hydrogen) atoms. The number of methoxy groups -OCH3 is 1. The molecule has 0 amide bonds. The largest absolute Gasteiger partial charge is 0.480 e. The van der Waals surface area contributed by atoms with E-state index in [1.165, 1.54) is 6.92 Å². The Kier molecular flexibility index (Phi) is 4.51. The van der Waals surface area contributed by atoms with Crippen LogP contribution in [0.5, 0.6) is 0 Å². The predicted molar refractivity (Wildman–Crippen MR) is 46.0 cm³/mol. The van der Waals surface area contributed by atoms with Crippen LogP contribution >= 0.6 is 0 Å². The van der Waals surface area contributed by atoms with Gasteiger partial charge in [-0.3, -0.25) is 9.59 Å². The second-order valence-electron chi connectivity index (χ2n) is 2.52. The summed E-state index contributed by atoms with van der Waals surface area (Å²) in [6.45, 7) is 1.26. The van der Waals surface area contributed by atoms with Crippen LogP contribution in [-0.4, -0.2) is 44.4 Å². The SMILES string of the molecule is COC(=O)C(C)NS(=O)(=O)CC(=O)O. The Hall–Kier alpha value is -1.15. The summed E-state index contributed by atoms with van der Waals surface area (Å²) in [6, 6.07) is -1.09. The van der Waals surface area contributed by atoms with Gasteiger partial charge in [0.2, 0.25) is 10.0 Å². The third-order valence-electron chi connectivity index (χ3n) is 1.22. The first-order chi connectivity index (χ1) is 6.28. The lowest BCUT2D eigenvalue weighted by molar-refractivity contribution is -0.142. The number of nitrogens with one attached hydrogen (secondary N) is 1. The summed E-state index contributed by atoms with van der Waals surface area (Å²) < 4.78 is 28.0. The molecule has 0 aromatic heterocycles. The number of carbonyl (C=O) groups excluding carboxylic acids is 1. The monoisotopic (exact) mass is 225 g/mol. The van der Waals surface area contributed by atoms with Crippen molar-refractivity contribution in [1.82, 2.24) is 4.72 Å². The molecule has 82 valence electrons. The lowest BCUT2D eigenvalue weighted by atomic mass is 10.4. The second kappa shape index (κ2) is 4.91. The topological polar surface area (TPSA) is 110 Å². The van der Waals surface area contributed by atoms with E-state index in [1.807, 2.05) is 4.72 Å². The molecule has 0 rings (SSSR count). The first-order valence-electron chi connectivity index (χ1n) is 3.58. The molecule has 0 bridgehead atoms. The molecule has 0 aliphatic carbocycles. The summed E-state index contributed by atoms with van der Waals surface area (Å²) in [5.74, 6) is -3.34. The molecular formula is C6H11NO6S. The fourth-order valence-corrected chi connectivity index (χ4v) is 1.74. The molecule has 0 heterocycles. The summed E-state index contributed by atoms with van der Waals surface area (Å²) >= 11 is 0. The van der Waals surface area contributed by atoms with Crippen LogP contribution in [0.25, 0.3) is 0 Å². The number of hydrogen-bond acceptors (Lipinski definition) is 5. The predicted octanol–water partition coefficient (Wildman–Crippen LogP) is -1.45. The molecule has 0 aromatic carbocycles. The van der Waals surface area contributed by atoms with E-state index in [4.69, 9.17) is 5.11 Å². The highest BCUT2D eigenvalue weighted by atomic mass is 32.2. The van der Waals surface area contributed by atoms with Gasteiger partial charge < -0.3 is 9.84 Å². The smallest absolute Gasteiger partial charge is 0.323 e. The molecule has 0 saturated carbocycles. The first-order valence-corrected chi connectivity index (χ1v) is 5.23. The van der Waals surface area contributed by atoms with E-state index in [1.54, 1.807) is 0 Å². The number of sulfonamides is 1. The number of hydrogen-bond donors (Lipinski definition) is 2. The van der Waals surface area contributed by atoms with Gasteiger partial charge in [0.25, 0.3) is 0 Å². The Balaban J connectivity index is 4.37. The standard InChI is InChI=1S/C6H11NO6S/c1-4(6(10)13-2)7-14(11,12)3-5(8)9/h4,7H,3H2,1-2H3,(H,8,9). The Morgan fingerprint density at radius 1 is 1.50 bits per heavy atom. The molecule has 1 atom stereocenters. The molecule has 0 fully saturated rings. The highest BCUT2D eigenvalue weighted by molar-refractivity contribution is 7.90. The molecule has 0 radical (unpaired) electrons. The van der Waals surface area contributed by atoms with Crippen molar-refractivity contribution in [3.05, 3.63) is 0 Å². The van der Waals surface area contributed by atoms with Crippen molar-refractivity contribution in [2.45, 2.75) is 13.0 Å². The van der Waals surface area contributed by atoms with Crippen LogP contribution in [0, 0.1) is 0 Å². The molecule has 8 heteroatoms. The zero-order valence-corrected chi connectivity index (χ0v) is 8.50. The quantitative estimate of drug-likeness (QED) is 0.554. The Bertz CT molecular complexity index is 321. The minimum Gasteiger partial charge on any atom is -0.480 e. The third-order valence-corrected chi connectivity index (χ3v) is 2.56. The molecular weight excluding hydrogens is 214 g/mol. The Morgan fingerprint density at radius 2 is 2.00 bits per heavy atom. The maximum absolute atomic E-state index is 11.0. The van der Waals surface area contributed by atoms with Crippen LogP contribution in [0.15, 0.2) is 0 Å². The lowest BCUT2D eigenvalue weighted by Crippen LogP contribution is -2.41. The third kappa shape index (κ3) is 4.77. The minimum atomic E-state index is -3.99. The zero-order chi connectivity index (χ0) is 11.4. The lowest BCUT2D eigenvalue weighted by Gasteiger charge is -2.10. The van der Waals surface area contributed by atoms with Crippen molar-refractivity contribution >= 4 is 22.0 Å². The van der Waals surface area contributed by atoms with Gasteiger partial charge in [0.05, 0.1) is 7.11 Å². The van der Waals surface area contributed by atoms with Gasteiger partial charge in [-0.1, -0.05) is 0 Å². The van der Waals surface area contributed by atoms with Gasteiger partial charge in [0, 0.05) is 0 Å². The zero-order valence-electron chi connectivity index (χ0n) is 7.68. The molecule has 0 aliphatic heterocycles. The van der Waals surface area contributed by atoms with Gasteiger partial charge in [-0.15, -0.1) is 0 Å². The van der Waals surface area contributed by atoms with Crippen molar-refractivity contribution in [1.29, 1.82) is 0 Å². The van der Waals surface area contributed by atoms with Crippen LogP contribution in [-0.2, 0) is 24.3 Å². The maximum Gasteiger partial charge on any atom is 0.323 e. The Labute approximate surface area is 81.1 Å². The van der Waals surface area contributed by atoms with Gasteiger partial charge in [0.15, 0.2) is 5.75 Å². The minimum absolute atomic E-state index is 0.779. The van der Waals surface area contributed by atoms with Crippen molar-refractivity contribution in [3.63, 3.8) is 0 Å². The Morgan fingerprint density at radius 3 is 2.36 bits per heavy atom. The maximum atomic E-state index is 11.0. The van der Waals surface area contributed by atoms with Gasteiger partial charge >= 0.3 is 11.9 Å². The van der Waals surface area contributed by atoms with Crippen molar-refractivity contribution < 1.29 is 27.9 Å². The van der Waals surface area contributed by atoms with Crippen LogP contribution in [0.1, 0.15) is 6.92 Å². The fourth-order valence-electron chi connectivity index (χ4n) is 0.698. The van der Waals surface area contributed by atoms with Gasteiger partial charge in [-0.05, 0) is 6.92 Å².